The molecule has 0 heterocycles. The largest absolute Gasteiger partial charge is 0.460 e. The number of carbonyl (C=O) groups excluding carboxylic acids is 1. The van der Waals surface area contributed by atoms with Crippen LogP contribution in [0.2, 0.25) is 0 Å². The van der Waals surface area contributed by atoms with Crippen molar-refractivity contribution in [1.29, 1.82) is 0 Å². The number of hydrogen-bond donors (Lipinski definition) is 1. The van der Waals surface area contributed by atoms with Gasteiger partial charge in [0.1, 0.15) is 10.6 Å². The number of nitro groups is 1. The van der Waals surface area contributed by atoms with Crippen molar-refractivity contribution < 1.29 is 19.6 Å². The molecule has 6 nitrogen and oxygen atoms in total. The van der Waals surface area contributed by atoms with Gasteiger partial charge in [-0.2, -0.15) is 0 Å². The van der Waals surface area contributed by atoms with Gasteiger partial charge in [-0.3, -0.25) is 14.9 Å². The number of nitrogens with zero attached hydrogens (tertiary/aromatic N) is 1. The quantitative estimate of drug-likeness (QED) is 0.219. The topological polar surface area (TPSA) is 89.7 Å². The number of alkyl halides is 1. The van der Waals surface area contributed by atoms with Crippen molar-refractivity contribution in [2.45, 2.75) is 38.3 Å². The highest BCUT2D eigenvalue weighted by molar-refractivity contribution is 9.09. The summed E-state index contributed by atoms with van der Waals surface area (Å²) in [5.41, 5.74) is 2.24. The van der Waals surface area contributed by atoms with Gasteiger partial charge >= 0.3 is 5.97 Å². The van der Waals surface area contributed by atoms with Crippen LogP contribution in [0.4, 0.5) is 5.69 Å². The fourth-order valence-corrected chi connectivity index (χ4v) is 2.44. The van der Waals surface area contributed by atoms with E-state index in [1.807, 2.05) is 57.2 Å². The van der Waals surface area contributed by atoms with Gasteiger partial charge in [0, 0.05) is 19.1 Å². The minimum Gasteiger partial charge on any atom is -0.460 e. The van der Waals surface area contributed by atoms with Crippen molar-refractivity contribution in [3.63, 3.8) is 0 Å². The zero-order valence-corrected chi connectivity index (χ0v) is 17.8. The summed E-state index contributed by atoms with van der Waals surface area (Å²) in [7, 11) is 0. The first-order valence-corrected chi connectivity index (χ1v) is 9.44. The summed E-state index contributed by atoms with van der Waals surface area (Å²) in [6.45, 7) is 6.93. The van der Waals surface area contributed by atoms with Gasteiger partial charge in [-0.1, -0.05) is 64.5 Å². The molecule has 0 amide bonds. The van der Waals surface area contributed by atoms with E-state index in [0.717, 1.165) is 16.7 Å². The molecule has 1 atom stereocenters. The van der Waals surface area contributed by atoms with Crippen LogP contribution in [0.25, 0.3) is 12.2 Å². The molecule has 0 aliphatic rings. The molecule has 0 aliphatic heterocycles. The van der Waals surface area contributed by atoms with Gasteiger partial charge in [0.2, 0.25) is 0 Å². The minimum absolute atomic E-state index is 0.0740. The van der Waals surface area contributed by atoms with Gasteiger partial charge in [0.25, 0.3) is 5.69 Å². The molecule has 1 unspecified atom stereocenters. The predicted octanol–water partition coefficient (Wildman–Crippen LogP) is 5.50. The fourth-order valence-electron chi connectivity index (χ4n) is 2.13. The third-order valence-electron chi connectivity index (χ3n) is 3.21. The van der Waals surface area contributed by atoms with E-state index in [-0.39, 0.29) is 17.3 Å². The van der Waals surface area contributed by atoms with Gasteiger partial charge in [0.05, 0.1) is 4.92 Å². The summed E-state index contributed by atoms with van der Waals surface area (Å²) in [4.78, 5) is 20.5. The molecule has 2 rings (SSSR count). The van der Waals surface area contributed by atoms with Crippen LogP contribution in [-0.4, -0.2) is 21.6 Å². The predicted molar refractivity (Wildman–Crippen MR) is 114 cm³/mol. The highest BCUT2D eigenvalue weighted by Gasteiger charge is 2.11. The van der Waals surface area contributed by atoms with E-state index >= 15 is 0 Å². The maximum atomic E-state index is 10.7. The lowest BCUT2D eigenvalue weighted by atomic mass is 10.1. The highest BCUT2D eigenvalue weighted by Crippen LogP contribution is 2.20. The molecule has 1 N–H and O–H groups in total. The Balaban J connectivity index is 0.000000416. The number of carbonyl (C=O) groups is 1. The van der Waals surface area contributed by atoms with E-state index in [9.17, 15) is 20.0 Å². The Labute approximate surface area is 173 Å². The Morgan fingerprint density at radius 1 is 1.14 bits per heavy atom. The number of ether oxygens (including phenoxy) is 1. The van der Waals surface area contributed by atoms with E-state index in [0.29, 0.717) is 0 Å². The van der Waals surface area contributed by atoms with Crippen LogP contribution in [0.1, 0.15) is 49.4 Å². The Kier molecular flexibility index (Phi) is 9.02. The van der Waals surface area contributed by atoms with Gasteiger partial charge in [-0.05, 0) is 37.5 Å². The van der Waals surface area contributed by atoms with Crippen LogP contribution in [0.3, 0.4) is 0 Å². The first-order valence-electron chi connectivity index (χ1n) is 8.52. The molecular formula is C21H24BrNO5. The lowest BCUT2D eigenvalue weighted by molar-refractivity contribution is -0.384. The second-order valence-electron chi connectivity index (χ2n) is 6.89. The smallest absolute Gasteiger partial charge is 0.303 e. The molecule has 0 radical (unpaired) electrons. The number of halogens is 1. The zero-order chi connectivity index (χ0) is 21.3. The Morgan fingerprint density at radius 3 is 2.14 bits per heavy atom. The Bertz CT molecular complexity index is 823. The standard InChI is InChI=1S/C15H12BrNO3.C6H12O2/c16-15(18)13-8-6-11(7-9-13)4-5-12-2-1-3-14(10-12)17(19)20;1-5(7)8-6(2,3)4/h1-10,15,18H;1-4H3/b5-4+;. The molecule has 7 heteroatoms. The highest BCUT2D eigenvalue weighted by atomic mass is 79.9. The van der Waals surface area contributed by atoms with E-state index in [1.165, 1.54) is 19.1 Å². The summed E-state index contributed by atoms with van der Waals surface area (Å²) in [6.07, 6.45) is 3.68. The first kappa shape index (κ1) is 23.5. The molecule has 2 aromatic carbocycles. The number of rotatable bonds is 4. The third kappa shape index (κ3) is 9.43. The number of nitro benzene ring substituents is 1. The minimum atomic E-state index is -0.669. The summed E-state index contributed by atoms with van der Waals surface area (Å²) < 4.78 is 4.80. The van der Waals surface area contributed by atoms with E-state index < -0.39 is 9.94 Å². The van der Waals surface area contributed by atoms with E-state index in [4.69, 9.17) is 4.74 Å². The molecule has 0 fully saturated rings. The molecule has 0 saturated heterocycles. The Hall–Kier alpha value is -2.51. The van der Waals surface area contributed by atoms with Crippen molar-refractivity contribution in [3.05, 3.63) is 75.3 Å². The van der Waals surface area contributed by atoms with Crippen LogP contribution in [0, 0.1) is 10.1 Å². The third-order valence-corrected chi connectivity index (χ3v) is 3.74. The van der Waals surface area contributed by atoms with Gasteiger partial charge in [0.15, 0.2) is 0 Å². The van der Waals surface area contributed by atoms with Crippen LogP contribution >= 0.6 is 15.9 Å². The van der Waals surface area contributed by atoms with Crippen molar-refractivity contribution >= 4 is 39.7 Å². The monoisotopic (exact) mass is 449 g/mol. The van der Waals surface area contributed by atoms with Crippen molar-refractivity contribution in [2.24, 2.45) is 0 Å². The number of aliphatic hydroxyl groups excluding tert-OH is 1. The number of aliphatic hydroxyl groups is 1. The van der Waals surface area contributed by atoms with E-state index in [2.05, 4.69) is 15.9 Å². The molecule has 150 valence electrons. The van der Waals surface area contributed by atoms with Gasteiger partial charge < -0.3 is 9.84 Å². The SMILES string of the molecule is CC(=O)OC(C)(C)C.O=[N+]([O-])c1cccc(/C=C/c2ccc(C(O)Br)cc2)c1. The van der Waals surface area contributed by atoms with Crippen LogP contribution in [0.15, 0.2) is 48.5 Å². The summed E-state index contributed by atoms with van der Waals surface area (Å²) >= 11 is 3.08. The number of non-ortho nitro benzene ring substituents is 1. The second-order valence-corrected chi connectivity index (χ2v) is 7.76. The molecule has 2 aromatic rings. The molecule has 0 bridgehead atoms. The normalized spacial score (nSPS) is 12.1. The lowest BCUT2D eigenvalue weighted by Crippen LogP contribution is -2.21. The molecule has 0 aliphatic carbocycles. The maximum Gasteiger partial charge on any atom is 0.303 e. The van der Waals surface area contributed by atoms with E-state index in [1.54, 1.807) is 12.1 Å². The van der Waals surface area contributed by atoms with Crippen molar-refractivity contribution in [1.82, 2.24) is 0 Å². The molecule has 0 spiro atoms. The van der Waals surface area contributed by atoms with Crippen molar-refractivity contribution in [2.75, 3.05) is 0 Å². The molecule has 28 heavy (non-hydrogen) atoms. The second kappa shape index (κ2) is 10.7. The molecule has 0 saturated carbocycles. The van der Waals surface area contributed by atoms with Crippen LogP contribution in [0.5, 0.6) is 0 Å². The average molecular weight is 450 g/mol. The average Bonchev–Trinajstić information content (AvgIpc) is 2.59. The maximum absolute atomic E-state index is 10.7. The van der Waals surface area contributed by atoms with Gasteiger partial charge in [-0.25, -0.2) is 0 Å². The summed E-state index contributed by atoms with van der Waals surface area (Å²) in [5, 5.41) is 19.4. The fraction of sp³-hybridized carbons (Fsp3) is 0.286. The summed E-state index contributed by atoms with van der Waals surface area (Å²) in [5.74, 6) is -0.225. The molecular weight excluding hydrogens is 426 g/mol. The van der Waals surface area contributed by atoms with Crippen molar-refractivity contribution in [3.8, 4) is 0 Å². The number of benzene rings is 2. The van der Waals surface area contributed by atoms with Gasteiger partial charge in [-0.15, -0.1) is 0 Å². The lowest BCUT2D eigenvalue weighted by Gasteiger charge is -2.17. The van der Waals surface area contributed by atoms with Crippen LogP contribution < -0.4 is 0 Å². The van der Waals surface area contributed by atoms with Crippen LogP contribution in [-0.2, 0) is 9.53 Å². The Morgan fingerprint density at radius 2 is 1.71 bits per heavy atom. The molecule has 0 aromatic heterocycles. The summed E-state index contributed by atoms with van der Waals surface area (Å²) in [6, 6.07) is 13.8. The number of hydrogen-bond acceptors (Lipinski definition) is 5. The zero-order valence-electron chi connectivity index (χ0n) is 16.3. The number of esters is 1. The first-order chi connectivity index (χ1) is 13.0.